The van der Waals surface area contributed by atoms with Crippen LogP contribution in [0.4, 0.5) is 10.5 Å². The van der Waals surface area contributed by atoms with Crippen LogP contribution in [0.5, 0.6) is 5.88 Å². The summed E-state index contributed by atoms with van der Waals surface area (Å²) in [5.41, 5.74) is 10.3. The summed E-state index contributed by atoms with van der Waals surface area (Å²) >= 11 is 7.01. The lowest BCUT2D eigenvalue weighted by atomic mass is 9.83. The lowest BCUT2D eigenvalue weighted by molar-refractivity contribution is -0.131. The Labute approximate surface area is 313 Å². The molecule has 6 rings (SSSR count). The van der Waals surface area contributed by atoms with Crippen LogP contribution in [-0.2, 0) is 16.0 Å². The van der Waals surface area contributed by atoms with Crippen molar-refractivity contribution in [2.45, 2.75) is 91.0 Å². The SMILES string of the molecule is CC[C@@H](C)CCC1(CC)CCNC(=O)N1.COc1nc(-c2cccc(-c3cccc(NC(=O)C4=CCNN(C)C4=O)c3C)c2Cl)cc2c1C(C)CC2. The highest BCUT2D eigenvalue weighted by atomic mass is 35.5. The van der Waals surface area contributed by atoms with Crippen molar-refractivity contribution in [3.05, 3.63) is 75.8 Å². The van der Waals surface area contributed by atoms with Crippen molar-refractivity contribution in [3.8, 4) is 28.3 Å². The Morgan fingerprint density at radius 1 is 1.15 bits per heavy atom. The summed E-state index contributed by atoms with van der Waals surface area (Å²) in [5.74, 6) is 1.03. The number of fused-ring (bicyclic) bond motifs is 1. The smallest absolute Gasteiger partial charge is 0.315 e. The van der Waals surface area contributed by atoms with Crippen LogP contribution in [0.25, 0.3) is 22.4 Å². The molecule has 0 saturated carbocycles. The van der Waals surface area contributed by atoms with Gasteiger partial charge in [-0.3, -0.25) is 14.6 Å². The van der Waals surface area contributed by atoms with E-state index >= 15 is 0 Å². The summed E-state index contributed by atoms with van der Waals surface area (Å²) in [6.07, 6.45) is 9.32. The van der Waals surface area contributed by atoms with E-state index in [0.29, 0.717) is 29.1 Å². The average Bonchev–Trinajstić information content (AvgIpc) is 3.52. The highest BCUT2D eigenvalue weighted by molar-refractivity contribution is 6.36. The summed E-state index contributed by atoms with van der Waals surface area (Å²) in [5, 5.41) is 10.7. The molecule has 1 saturated heterocycles. The maximum absolute atomic E-state index is 12.9. The van der Waals surface area contributed by atoms with E-state index in [4.69, 9.17) is 21.3 Å². The number of hydrazine groups is 1. The van der Waals surface area contributed by atoms with Crippen LogP contribution in [0.1, 0.15) is 88.8 Å². The van der Waals surface area contributed by atoms with Crippen molar-refractivity contribution in [2.75, 3.05) is 32.6 Å². The van der Waals surface area contributed by atoms with E-state index < -0.39 is 5.91 Å². The van der Waals surface area contributed by atoms with Gasteiger partial charge in [0.25, 0.3) is 11.8 Å². The highest BCUT2D eigenvalue weighted by Gasteiger charge is 2.33. The van der Waals surface area contributed by atoms with Crippen LogP contribution in [-0.4, -0.2) is 60.6 Å². The number of pyridine rings is 1. The molecule has 3 aliphatic rings. The van der Waals surface area contributed by atoms with Crippen molar-refractivity contribution in [2.24, 2.45) is 5.92 Å². The van der Waals surface area contributed by atoms with Gasteiger partial charge in [-0.15, -0.1) is 0 Å². The quantitative estimate of drug-likeness (QED) is 0.157. The minimum atomic E-state index is -0.442. The number of carbonyl (C=O) groups is 3. The minimum Gasteiger partial charge on any atom is -0.481 e. The van der Waals surface area contributed by atoms with Crippen LogP contribution >= 0.6 is 11.6 Å². The Hall–Kier alpha value is -4.41. The summed E-state index contributed by atoms with van der Waals surface area (Å²) in [4.78, 5) is 41.4. The van der Waals surface area contributed by atoms with Gasteiger partial charge in [-0.1, -0.05) is 82.1 Å². The molecular formula is C41H53ClN6O4. The largest absolute Gasteiger partial charge is 0.481 e. The summed E-state index contributed by atoms with van der Waals surface area (Å²) in [6, 6.07) is 13.7. The van der Waals surface area contributed by atoms with Crippen LogP contribution in [0.15, 0.2) is 54.1 Å². The number of aromatic nitrogens is 1. The first-order valence-corrected chi connectivity index (χ1v) is 18.8. The number of methoxy groups -OCH3 is 1. The maximum Gasteiger partial charge on any atom is 0.315 e. The number of nitrogens with zero attached hydrogens (tertiary/aromatic N) is 2. The van der Waals surface area contributed by atoms with E-state index in [0.717, 1.165) is 72.5 Å². The third-order valence-corrected chi connectivity index (χ3v) is 11.4. The Morgan fingerprint density at radius 3 is 2.60 bits per heavy atom. The van der Waals surface area contributed by atoms with Gasteiger partial charge in [0, 0.05) is 48.1 Å². The van der Waals surface area contributed by atoms with Gasteiger partial charge in [-0.25, -0.2) is 15.2 Å². The van der Waals surface area contributed by atoms with Crippen LogP contribution in [0.3, 0.4) is 0 Å². The predicted molar refractivity (Wildman–Crippen MR) is 208 cm³/mol. The first kappa shape index (κ1) is 38.8. The maximum atomic E-state index is 12.9. The molecular weight excluding hydrogens is 676 g/mol. The number of ether oxygens (including phenoxy) is 1. The second kappa shape index (κ2) is 16.9. The second-order valence-corrected chi connectivity index (χ2v) is 14.7. The predicted octanol–water partition coefficient (Wildman–Crippen LogP) is 7.94. The van der Waals surface area contributed by atoms with Gasteiger partial charge in [-0.2, -0.15) is 0 Å². The number of carbonyl (C=O) groups excluding carboxylic acids is 3. The van der Waals surface area contributed by atoms with Gasteiger partial charge >= 0.3 is 6.03 Å². The molecule has 52 heavy (non-hydrogen) atoms. The number of rotatable bonds is 10. The summed E-state index contributed by atoms with van der Waals surface area (Å²) in [6.45, 7) is 12.0. The molecule has 1 aliphatic carbocycles. The molecule has 11 heteroatoms. The summed E-state index contributed by atoms with van der Waals surface area (Å²) < 4.78 is 5.65. The molecule has 10 nitrogen and oxygen atoms in total. The van der Waals surface area contributed by atoms with E-state index in [1.807, 2.05) is 43.3 Å². The standard InChI is InChI=1S/C29H29ClN4O3.C12H24N2O/c1-16-11-12-18-15-24(33-28(37-4)25(16)18)21-9-5-8-20(26(21)30)19-7-6-10-23(17(19)2)32-27(35)22-13-14-31-34(3)29(22)36;1-4-10(3)6-7-12(5-2)8-9-13-11(15)14-12/h5-10,13,15-16,31H,11-12,14H2,1-4H3,(H,32,35);10H,4-9H2,1-3H3,(H2,13,14,15)/t;10-,12?/m.1/s1. The number of likely N-dealkylation sites (N-methyl/N-ethyl adjacent to an activating group) is 1. The number of halogens is 1. The fraction of sp³-hybridized carbons (Fsp3) is 0.463. The molecule has 3 heterocycles. The minimum absolute atomic E-state index is 0.00671. The van der Waals surface area contributed by atoms with Crippen LogP contribution in [0, 0.1) is 12.8 Å². The van der Waals surface area contributed by atoms with E-state index in [1.165, 1.54) is 29.0 Å². The van der Waals surface area contributed by atoms with Gasteiger partial charge in [0.1, 0.15) is 5.57 Å². The zero-order valence-corrected chi connectivity index (χ0v) is 32.3. The van der Waals surface area contributed by atoms with Crippen molar-refractivity contribution in [1.82, 2.24) is 26.1 Å². The molecule has 1 fully saturated rings. The zero-order chi connectivity index (χ0) is 37.6. The number of anilines is 1. The number of benzene rings is 2. The molecule has 3 atom stereocenters. The molecule has 4 amide bonds. The average molecular weight is 729 g/mol. The Balaban J connectivity index is 0.000000293. The topological polar surface area (TPSA) is 125 Å². The van der Waals surface area contributed by atoms with E-state index in [1.54, 1.807) is 20.2 Å². The molecule has 4 N–H and O–H groups in total. The first-order chi connectivity index (χ1) is 24.9. The number of nitrogens with one attached hydrogen (secondary N) is 4. The molecule has 0 spiro atoms. The van der Waals surface area contributed by atoms with Gasteiger partial charge in [0.05, 0.1) is 17.8 Å². The van der Waals surface area contributed by atoms with Gasteiger partial charge in [-0.05, 0) is 86.1 Å². The number of amides is 4. The molecule has 1 aromatic heterocycles. The van der Waals surface area contributed by atoms with Crippen LogP contribution in [0.2, 0.25) is 5.02 Å². The number of aryl methyl sites for hydroxylation is 1. The van der Waals surface area contributed by atoms with Crippen LogP contribution < -0.4 is 26.1 Å². The lowest BCUT2D eigenvalue weighted by Crippen LogP contribution is -2.58. The van der Waals surface area contributed by atoms with E-state index in [-0.39, 0.29) is 23.1 Å². The van der Waals surface area contributed by atoms with E-state index in [2.05, 4.69) is 55.1 Å². The van der Waals surface area contributed by atoms with Gasteiger partial charge in [0.15, 0.2) is 0 Å². The normalized spacial score (nSPS) is 20.1. The Bertz CT molecular complexity index is 1840. The van der Waals surface area contributed by atoms with Crippen molar-refractivity contribution in [3.63, 3.8) is 0 Å². The van der Waals surface area contributed by atoms with Gasteiger partial charge < -0.3 is 20.7 Å². The molecule has 2 aliphatic heterocycles. The van der Waals surface area contributed by atoms with Crippen molar-refractivity contribution >= 4 is 35.1 Å². The fourth-order valence-corrected chi connectivity index (χ4v) is 7.57. The third-order valence-electron chi connectivity index (χ3n) is 11.0. The monoisotopic (exact) mass is 728 g/mol. The Kier molecular flexibility index (Phi) is 12.6. The number of hydrogen-bond acceptors (Lipinski definition) is 6. The summed E-state index contributed by atoms with van der Waals surface area (Å²) in [7, 11) is 3.25. The van der Waals surface area contributed by atoms with Gasteiger partial charge in [0.2, 0.25) is 5.88 Å². The number of hydrogen-bond donors (Lipinski definition) is 4. The molecule has 278 valence electrons. The fourth-order valence-electron chi connectivity index (χ4n) is 7.25. The third kappa shape index (κ3) is 8.45. The molecule has 3 aromatic rings. The lowest BCUT2D eigenvalue weighted by Gasteiger charge is -2.38. The molecule has 0 radical (unpaired) electrons. The highest BCUT2D eigenvalue weighted by Crippen LogP contribution is 2.43. The molecule has 0 bridgehead atoms. The number of urea groups is 1. The first-order valence-electron chi connectivity index (χ1n) is 18.5. The van der Waals surface area contributed by atoms with E-state index in [9.17, 15) is 14.4 Å². The Morgan fingerprint density at radius 2 is 1.88 bits per heavy atom. The second-order valence-electron chi connectivity index (χ2n) is 14.3. The van der Waals surface area contributed by atoms with Crippen molar-refractivity contribution < 1.29 is 19.1 Å². The molecule has 2 unspecified atom stereocenters. The molecule has 2 aromatic carbocycles. The van der Waals surface area contributed by atoms with Crippen molar-refractivity contribution in [1.29, 1.82) is 0 Å². The zero-order valence-electron chi connectivity index (χ0n) is 31.5.